The lowest BCUT2D eigenvalue weighted by Crippen LogP contribution is -2.44. The second kappa shape index (κ2) is 62.8. The van der Waals surface area contributed by atoms with Crippen LogP contribution in [-0.2, 0) is 33.3 Å². The summed E-state index contributed by atoms with van der Waals surface area (Å²) in [7, 11) is 5.93. The Labute approximate surface area is 497 Å². The van der Waals surface area contributed by atoms with Crippen LogP contribution in [-0.4, -0.2) is 82.3 Å². The molecule has 0 radical (unpaired) electrons. The smallest absolute Gasteiger partial charge is 0.306 e. The van der Waals surface area contributed by atoms with Gasteiger partial charge in [0.15, 0.2) is 12.4 Å². The second-order valence-electron chi connectivity index (χ2n) is 25.2. The van der Waals surface area contributed by atoms with Gasteiger partial charge in [0.25, 0.3) is 0 Å². The van der Waals surface area contributed by atoms with Crippen molar-refractivity contribution in [2.24, 2.45) is 0 Å². The van der Waals surface area contributed by atoms with Crippen molar-refractivity contribution in [2.75, 3.05) is 47.5 Å². The molecule has 0 bridgehead atoms. The minimum Gasteiger partial charge on any atom is -0.545 e. The van der Waals surface area contributed by atoms with Gasteiger partial charge in [0.05, 0.1) is 40.3 Å². The molecule has 0 aromatic heterocycles. The Morgan fingerprint density at radius 3 is 1.01 bits per heavy atom. The minimum absolute atomic E-state index is 0.147. The Bertz CT molecular complexity index is 1360. The number of carbonyl (C=O) groups excluding carboxylic acids is 3. The zero-order valence-corrected chi connectivity index (χ0v) is 54.0. The molecule has 9 heteroatoms. The van der Waals surface area contributed by atoms with Gasteiger partial charge in [-0.2, -0.15) is 0 Å². The number of unbranched alkanes of at least 4 members (excludes halogenated alkanes) is 47. The van der Waals surface area contributed by atoms with Gasteiger partial charge in [-0.25, -0.2) is 0 Å². The van der Waals surface area contributed by atoms with Crippen LogP contribution in [0.25, 0.3) is 0 Å². The number of ether oxygens (including phenoxy) is 4. The van der Waals surface area contributed by atoms with Crippen molar-refractivity contribution in [1.29, 1.82) is 0 Å². The Hall–Kier alpha value is -2.23. The lowest BCUT2D eigenvalue weighted by atomic mass is 10.0. The zero-order valence-electron chi connectivity index (χ0n) is 54.0. The second-order valence-corrected chi connectivity index (χ2v) is 25.2. The number of aliphatic carboxylic acids is 1. The summed E-state index contributed by atoms with van der Waals surface area (Å²) in [6.07, 6.45) is 74.4. The molecule has 0 N–H and O–H groups in total. The lowest BCUT2D eigenvalue weighted by Gasteiger charge is -2.26. The summed E-state index contributed by atoms with van der Waals surface area (Å²) >= 11 is 0. The molecule has 0 spiro atoms. The van der Waals surface area contributed by atoms with Crippen LogP contribution < -0.4 is 5.11 Å². The number of carboxylic acids is 1. The summed E-state index contributed by atoms with van der Waals surface area (Å²) in [5, 5.41) is 11.8. The molecule has 0 aliphatic carbocycles. The van der Waals surface area contributed by atoms with Crippen LogP contribution in [0.15, 0.2) is 24.3 Å². The van der Waals surface area contributed by atoms with Gasteiger partial charge in [0.1, 0.15) is 13.2 Å². The van der Waals surface area contributed by atoms with Crippen molar-refractivity contribution in [3.63, 3.8) is 0 Å². The third-order valence-corrected chi connectivity index (χ3v) is 16.0. The molecule has 0 rings (SSSR count). The van der Waals surface area contributed by atoms with E-state index >= 15 is 0 Å². The number of carbonyl (C=O) groups is 3. The van der Waals surface area contributed by atoms with Crippen LogP contribution in [0.4, 0.5) is 0 Å². The van der Waals surface area contributed by atoms with E-state index < -0.39 is 24.3 Å². The van der Waals surface area contributed by atoms with E-state index in [9.17, 15) is 19.5 Å². The molecular weight excluding hydrogens is 995 g/mol. The molecule has 0 fully saturated rings. The molecule has 2 unspecified atom stereocenters. The Morgan fingerprint density at radius 1 is 0.375 bits per heavy atom. The largest absolute Gasteiger partial charge is 0.545 e. The molecular formula is C71H135NO8. The van der Waals surface area contributed by atoms with Gasteiger partial charge in [-0.1, -0.05) is 321 Å². The van der Waals surface area contributed by atoms with E-state index in [1.807, 2.05) is 21.1 Å². The van der Waals surface area contributed by atoms with Crippen molar-refractivity contribution < 1.29 is 42.9 Å². The average Bonchev–Trinajstić information content (AvgIpc) is 3.43. The van der Waals surface area contributed by atoms with E-state index in [1.165, 1.54) is 263 Å². The molecule has 0 saturated heterocycles. The first kappa shape index (κ1) is 77.8. The zero-order chi connectivity index (χ0) is 58.3. The van der Waals surface area contributed by atoms with Crippen molar-refractivity contribution in [3.8, 4) is 0 Å². The molecule has 472 valence electrons. The number of esters is 2. The monoisotopic (exact) mass is 1130 g/mol. The van der Waals surface area contributed by atoms with Crippen molar-refractivity contribution in [1.82, 2.24) is 0 Å². The molecule has 0 amide bonds. The van der Waals surface area contributed by atoms with Crippen LogP contribution in [0, 0.1) is 0 Å². The number of carboxylic acid groups (broad SMARTS) is 1. The summed E-state index contributed by atoms with van der Waals surface area (Å²) in [5.41, 5.74) is 0. The van der Waals surface area contributed by atoms with Crippen molar-refractivity contribution in [2.45, 2.75) is 367 Å². The van der Waals surface area contributed by atoms with Gasteiger partial charge in [-0.15, -0.1) is 0 Å². The fraction of sp³-hybridized carbons (Fsp3) is 0.901. The van der Waals surface area contributed by atoms with Crippen LogP contribution in [0.1, 0.15) is 354 Å². The predicted molar refractivity (Wildman–Crippen MR) is 339 cm³/mol. The predicted octanol–water partition coefficient (Wildman–Crippen LogP) is 20.1. The highest BCUT2D eigenvalue weighted by Gasteiger charge is 2.22. The minimum atomic E-state index is -1.62. The highest BCUT2D eigenvalue weighted by Crippen LogP contribution is 2.19. The number of rotatable bonds is 66. The van der Waals surface area contributed by atoms with Crippen LogP contribution in [0.5, 0.6) is 0 Å². The maximum absolute atomic E-state index is 12.8. The van der Waals surface area contributed by atoms with Crippen molar-refractivity contribution in [3.05, 3.63) is 24.3 Å². The molecule has 9 nitrogen and oxygen atoms in total. The van der Waals surface area contributed by atoms with E-state index in [-0.39, 0.29) is 32.2 Å². The Morgan fingerprint density at radius 2 is 0.675 bits per heavy atom. The van der Waals surface area contributed by atoms with Gasteiger partial charge in [-0.3, -0.25) is 9.59 Å². The van der Waals surface area contributed by atoms with Crippen LogP contribution in [0.2, 0.25) is 0 Å². The van der Waals surface area contributed by atoms with E-state index in [0.717, 1.165) is 57.8 Å². The van der Waals surface area contributed by atoms with E-state index in [1.54, 1.807) is 0 Å². The van der Waals surface area contributed by atoms with Crippen molar-refractivity contribution >= 4 is 17.9 Å². The first-order chi connectivity index (χ1) is 39.1. The summed E-state index contributed by atoms with van der Waals surface area (Å²) in [5.74, 6) is -2.28. The molecule has 0 heterocycles. The highest BCUT2D eigenvalue weighted by molar-refractivity contribution is 5.70. The van der Waals surface area contributed by atoms with Gasteiger partial charge in [-0.05, 0) is 44.9 Å². The summed E-state index contributed by atoms with van der Waals surface area (Å²) in [4.78, 5) is 37.3. The normalized spacial score (nSPS) is 12.8. The van der Waals surface area contributed by atoms with E-state index in [0.29, 0.717) is 23.9 Å². The molecule has 80 heavy (non-hydrogen) atoms. The highest BCUT2D eigenvalue weighted by atomic mass is 16.7. The molecule has 0 aliphatic rings. The fourth-order valence-electron chi connectivity index (χ4n) is 10.6. The molecule has 2 atom stereocenters. The SMILES string of the molecule is CCCCC/C=C\C/C=C\CCCCCCCC(=O)OC(COC(=O)CCCCCCCCCCCCCCCCCCCCCCCCCCCCCCCCCCCCCCCCCC)COC(OCC[N+](C)(C)C)C(=O)[O-]. The van der Waals surface area contributed by atoms with Crippen LogP contribution in [0.3, 0.4) is 0 Å². The Kier molecular flexibility index (Phi) is 61.1. The van der Waals surface area contributed by atoms with E-state index in [4.69, 9.17) is 18.9 Å². The molecule has 0 aromatic carbocycles. The third kappa shape index (κ3) is 63.4. The molecule has 0 aliphatic heterocycles. The van der Waals surface area contributed by atoms with Gasteiger partial charge >= 0.3 is 11.9 Å². The third-order valence-electron chi connectivity index (χ3n) is 16.0. The quantitative estimate of drug-likeness (QED) is 0.0195. The number of likely N-dealkylation sites (N-methyl/N-ethyl adjacent to an activating group) is 1. The standard InChI is InChI=1S/C71H135NO8/c1-6-8-10-12-14-16-18-20-22-23-24-25-26-27-28-29-30-31-32-33-34-35-36-37-38-39-40-41-42-43-44-45-46-48-49-51-53-55-57-59-61-68(73)78-65-67(66-79-71(70(75)76)77-64-63-72(3,4)5)80-69(74)62-60-58-56-54-52-50-47-21-19-17-15-13-11-9-7-2/h15,17,21,47,67,71H,6-14,16,18-20,22-46,48-66H2,1-5H3/b17-15-,47-21-. The number of hydrogen-bond acceptors (Lipinski definition) is 8. The maximum atomic E-state index is 12.8. The number of allylic oxidation sites excluding steroid dienone is 4. The topological polar surface area (TPSA) is 111 Å². The van der Waals surface area contributed by atoms with Crippen LogP contribution >= 0.6 is 0 Å². The average molecular weight is 1130 g/mol. The summed E-state index contributed by atoms with van der Waals surface area (Å²) < 4.78 is 22.7. The van der Waals surface area contributed by atoms with Gasteiger partial charge in [0, 0.05) is 12.8 Å². The van der Waals surface area contributed by atoms with Gasteiger partial charge < -0.3 is 33.3 Å². The lowest BCUT2D eigenvalue weighted by molar-refractivity contribution is -0.870. The fourth-order valence-corrected chi connectivity index (χ4v) is 10.6. The number of quaternary nitrogens is 1. The van der Waals surface area contributed by atoms with E-state index in [2.05, 4.69) is 38.2 Å². The number of hydrogen-bond donors (Lipinski definition) is 0. The maximum Gasteiger partial charge on any atom is 0.306 e. The first-order valence-corrected chi connectivity index (χ1v) is 35.0. The Balaban J connectivity index is 3.87. The van der Waals surface area contributed by atoms with Gasteiger partial charge in [0.2, 0.25) is 0 Å². The molecule has 0 aromatic rings. The summed E-state index contributed by atoms with van der Waals surface area (Å²) in [6, 6.07) is 0. The number of nitrogens with zero attached hydrogens (tertiary/aromatic N) is 1. The first-order valence-electron chi connectivity index (χ1n) is 35.0. The summed E-state index contributed by atoms with van der Waals surface area (Å²) in [6.45, 7) is 4.76. The molecule has 0 saturated carbocycles.